The molecule has 1 aliphatic carbocycles. The van der Waals surface area contributed by atoms with Crippen LogP contribution >= 0.6 is 23.5 Å². The molecule has 0 N–H and O–H groups in total. The summed E-state index contributed by atoms with van der Waals surface area (Å²) in [6.07, 6.45) is 2.85. The van der Waals surface area contributed by atoms with E-state index in [2.05, 4.69) is 15.7 Å². The summed E-state index contributed by atoms with van der Waals surface area (Å²) >= 11 is 2.90. The Labute approximate surface area is 151 Å². The van der Waals surface area contributed by atoms with E-state index in [1.807, 2.05) is 25.7 Å². The molecule has 6 nitrogen and oxygen atoms in total. The molecule has 2 bridgehead atoms. The minimum absolute atomic E-state index is 0.124. The van der Waals surface area contributed by atoms with Crippen LogP contribution in [0.25, 0.3) is 0 Å². The van der Waals surface area contributed by atoms with Crippen LogP contribution in [-0.2, 0) is 4.74 Å². The summed E-state index contributed by atoms with van der Waals surface area (Å²) in [6, 6.07) is 0.216. The predicted octanol–water partition coefficient (Wildman–Crippen LogP) is 3.82. The molecule has 1 aromatic heterocycles. The van der Waals surface area contributed by atoms with Crippen LogP contribution < -0.4 is 4.74 Å². The maximum absolute atomic E-state index is 12.3. The lowest BCUT2D eigenvalue weighted by Gasteiger charge is -2.32. The van der Waals surface area contributed by atoms with E-state index < -0.39 is 5.60 Å². The molecular formula is C16H25N3O3S2. The van der Waals surface area contributed by atoms with Crippen molar-refractivity contribution in [3.8, 4) is 5.88 Å². The number of ether oxygens (including phenoxy) is 2. The number of rotatable bonds is 5. The number of carbonyl (C=O) groups excluding carboxylic acids is 1. The fourth-order valence-corrected chi connectivity index (χ4v) is 4.65. The van der Waals surface area contributed by atoms with E-state index in [0.29, 0.717) is 18.3 Å². The summed E-state index contributed by atoms with van der Waals surface area (Å²) in [5.74, 6) is 2.04. The first-order valence-electron chi connectivity index (χ1n) is 8.49. The Morgan fingerprint density at radius 1 is 1.38 bits per heavy atom. The maximum atomic E-state index is 12.3. The van der Waals surface area contributed by atoms with Crippen LogP contribution in [0, 0.1) is 5.92 Å². The second-order valence-corrected chi connectivity index (χ2v) is 9.01. The molecule has 3 atom stereocenters. The van der Waals surface area contributed by atoms with Gasteiger partial charge >= 0.3 is 6.09 Å². The second kappa shape index (κ2) is 7.07. The molecule has 24 heavy (non-hydrogen) atoms. The van der Waals surface area contributed by atoms with Crippen molar-refractivity contribution < 1.29 is 14.3 Å². The average Bonchev–Trinajstić information content (AvgIpc) is 3.18. The van der Waals surface area contributed by atoms with E-state index in [4.69, 9.17) is 9.47 Å². The van der Waals surface area contributed by atoms with Gasteiger partial charge in [-0.15, -0.1) is 4.37 Å². The molecule has 134 valence electrons. The van der Waals surface area contributed by atoms with Gasteiger partial charge in [-0.3, -0.25) is 0 Å². The molecule has 2 fully saturated rings. The summed E-state index contributed by atoms with van der Waals surface area (Å²) < 4.78 is 20.3. The normalized spacial score (nSPS) is 26.0. The highest BCUT2D eigenvalue weighted by atomic mass is 32.2. The Morgan fingerprint density at radius 2 is 2.17 bits per heavy atom. The highest BCUT2D eigenvalue weighted by molar-refractivity contribution is 7.99. The molecule has 0 radical (unpaired) electrons. The van der Waals surface area contributed by atoms with Crippen molar-refractivity contribution in [2.45, 2.75) is 69.7 Å². The molecule has 3 unspecified atom stereocenters. The van der Waals surface area contributed by atoms with Crippen molar-refractivity contribution in [2.75, 3.05) is 12.3 Å². The fraction of sp³-hybridized carbons (Fsp3) is 0.812. The van der Waals surface area contributed by atoms with Crippen molar-refractivity contribution in [1.82, 2.24) is 13.6 Å². The predicted molar refractivity (Wildman–Crippen MR) is 94.8 cm³/mol. The van der Waals surface area contributed by atoms with Crippen LogP contribution in [0.3, 0.4) is 0 Å². The summed E-state index contributed by atoms with van der Waals surface area (Å²) in [7, 11) is 0. The number of nitrogens with zero attached hydrogens (tertiary/aromatic N) is 3. The molecule has 0 aromatic carbocycles. The molecule has 1 amide bonds. The Morgan fingerprint density at radius 3 is 2.79 bits per heavy atom. The van der Waals surface area contributed by atoms with Crippen LogP contribution in [0.5, 0.6) is 5.88 Å². The summed E-state index contributed by atoms with van der Waals surface area (Å²) in [5.41, 5.74) is -0.452. The van der Waals surface area contributed by atoms with Gasteiger partial charge in [0.15, 0.2) is 5.03 Å². The van der Waals surface area contributed by atoms with Crippen LogP contribution in [0.15, 0.2) is 5.03 Å². The summed E-state index contributed by atoms with van der Waals surface area (Å²) in [6.45, 7) is 8.55. The Kier molecular flexibility index (Phi) is 5.24. The van der Waals surface area contributed by atoms with Gasteiger partial charge in [-0.2, -0.15) is 4.37 Å². The van der Waals surface area contributed by atoms with Gasteiger partial charge in [0.05, 0.1) is 11.7 Å². The lowest BCUT2D eigenvalue weighted by molar-refractivity contribution is 0.00998. The topological polar surface area (TPSA) is 64.6 Å². The zero-order valence-electron chi connectivity index (χ0n) is 14.7. The monoisotopic (exact) mass is 371 g/mol. The number of aromatic nitrogens is 2. The largest absolute Gasteiger partial charge is 0.471 e. The summed E-state index contributed by atoms with van der Waals surface area (Å²) in [5, 5.41) is 0.897. The molecule has 3 rings (SSSR count). The van der Waals surface area contributed by atoms with E-state index in [1.54, 1.807) is 11.8 Å². The fourth-order valence-electron chi connectivity index (χ4n) is 3.27. The third kappa shape index (κ3) is 3.96. The van der Waals surface area contributed by atoms with E-state index in [0.717, 1.165) is 30.0 Å². The molecule has 0 spiro atoms. The van der Waals surface area contributed by atoms with Gasteiger partial charge in [0.1, 0.15) is 11.7 Å². The van der Waals surface area contributed by atoms with E-state index in [-0.39, 0.29) is 18.2 Å². The van der Waals surface area contributed by atoms with Gasteiger partial charge in [0, 0.05) is 24.9 Å². The molecule has 2 heterocycles. The number of thioether (sulfide) groups is 1. The maximum Gasteiger partial charge on any atom is 0.410 e. The summed E-state index contributed by atoms with van der Waals surface area (Å²) in [4.78, 5) is 14.1. The minimum Gasteiger partial charge on any atom is -0.471 e. The van der Waals surface area contributed by atoms with E-state index in [1.165, 1.54) is 11.7 Å². The van der Waals surface area contributed by atoms with Crippen LogP contribution in [0.1, 0.15) is 47.0 Å². The van der Waals surface area contributed by atoms with Crippen LogP contribution in [0.2, 0.25) is 0 Å². The standard InChI is InChI=1S/C16H25N3O3S2/c1-5-6-23-14-13(17-24-18-14)21-12-8-11-7-10(12)9-19(11)15(20)22-16(2,3)4/h10-12H,5-9H2,1-4H3. The number of amides is 1. The van der Waals surface area contributed by atoms with Gasteiger partial charge in [-0.05, 0) is 39.4 Å². The zero-order valence-corrected chi connectivity index (χ0v) is 16.3. The van der Waals surface area contributed by atoms with Crippen molar-refractivity contribution in [3.05, 3.63) is 0 Å². The highest BCUT2D eigenvalue weighted by Gasteiger charge is 2.49. The number of fused-ring (bicyclic) bond motifs is 2. The zero-order chi connectivity index (χ0) is 17.3. The Balaban J connectivity index is 1.56. The van der Waals surface area contributed by atoms with Gasteiger partial charge < -0.3 is 14.4 Å². The van der Waals surface area contributed by atoms with Gasteiger partial charge in [0.2, 0.25) is 0 Å². The van der Waals surface area contributed by atoms with E-state index >= 15 is 0 Å². The van der Waals surface area contributed by atoms with Crippen molar-refractivity contribution in [3.63, 3.8) is 0 Å². The minimum atomic E-state index is -0.452. The Bertz CT molecular complexity index is 587. The Hall–Kier alpha value is -1.02. The first-order chi connectivity index (χ1) is 11.4. The molecule has 2 aliphatic rings. The lowest BCUT2D eigenvalue weighted by atomic mass is 10.1. The van der Waals surface area contributed by atoms with Gasteiger partial charge in [-0.1, -0.05) is 18.7 Å². The number of hydrogen-bond donors (Lipinski definition) is 0. The third-order valence-electron chi connectivity index (χ3n) is 4.24. The number of likely N-dealkylation sites (tertiary alicyclic amines) is 1. The van der Waals surface area contributed by atoms with E-state index in [9.17, 15) is 4.79 Å². The van der Waals surface area contributed by atoms with Crippen molar-refractivity contribution >= 4 is 29.6 Å². The number of carbonyl (C=O) groups is 1. The lowest BCUT2D eigenvalue weighted by Crippen LogP contribution is -2.45. The average molecular weight is 372 g/mol. The van der Waals surface area contributed by atoms with Gasteiger partial charge in [-0.25, -0.2) is 4.79 Å². The van der Waals surface area contributed by atoms with Gasteiger partial charge in [0.25, 0.3) is 5.88 Å². The smallest absolute Gasteiger partial charge is 0.410 e. The highest BCUT2D eigenvalue weighted by Crippen LogP contribution is 2.41. The second-order valence-electron chi connectivity index (χ2n) is 7.40. The molecule has 1 aromatic rings. The number of hydrogen-bond acceptors (Lipinski definition) is 7. The molecule has 1 saturated heterocycles. The van der Waals surface area contributed by atoms with Crippen molar-refractivity contribution in [2.24, 2.45) is 5.92 Å². The first-order valence-corrected chi connectivity index (χ1v) is 10.2. The van der Waals surface area contributed by atoms with Crippen LogP contribution in [0.4, 0.5) is 4.79 Å². The van der Waals surface area contributed by atoms with Crippen molar-refractivity contribution in [1.29, 1.82) is 0 Å². The molecule has 1 saturated carbocycles. The quantitative estimate of drug-likeness (QED) is 0.733. The van der Waals surface area contributed by atoms with Crippen LogP contribution in [-0.4, -0.2) is 49.8 Å². The first kappa shape index (κ1) is 17.8. The molecular weight excluding hydrogens is 346 g/mol. The third-order valence-corrected chi connectivity index (χ3v) is 6.02. The molecule has 1 aliphatic heterocycles. The number of piperidine rings is 1. The SMILES string of the molecule is CCCSc1nsnc1OC1CC2CC1CN2C(=O)OC(C)(C)C. The molecule has 8 heteroatoms.